The number of thiophene rings is 2. The molecule has 3 rings (SSSR count). The fourth-order valence-corrected chi connectivity index (χ4v) is 4.77. The fraction of sp³-hybridized carbons (Fsp3) is 0.235. The van der Waals surface area contributed by atoms with Crippen molar-refractivity contribution in [2.75, 3.05) is 20.3 Å². The molecule has 10 heteroatoms. The second kappa shape index (κ2) is 8.66. The molecule has 27 heavy (non-hydrogen) atoms. The van der Waals surface area contributed by atoms with Crippen molar-refractivity contribution in [3.63, 3.8) is 0 Å². The molecule has 0 atom stereocenters. The van der Waals surface area contributed by atoms with E-state index in [4.69, 9.17) is 21.1 Å². The van der Waals surface area contributed by atoms with Crippen LogP contribution in [-0.2, 0) is 9.47 Å². The van der Waals surface area contributed by atoms with Gasteiger partial charge in [0.05, 0.1) is 20.8 Å². The van der Waals surface area contributed by atoms with Gasteiger partial charge in [-0.3, -0.25) is 4.79 Å². The topological polar surface area (TPSA) is 81.3 Å². The average molecular weight is 490 g/mol. The van der Waals surface area contributed by atoms with Crippen LogP contribution in [0.1, 0.15) is 26.6 Å². The lowest BCUT2D eigenvalue weighted by atomic mass is 10.2. The van der Waals surface area contributed by atoms with E-state index in [0.717, 1.165) is 20.7 Å². The maximum atomic E-state index is 12.5. The normalized spacial score (nSPS) is 11.9. The number of aromatic amines is 1. The van der Waals surface area contributed by atoms with Gasteiger partial charge in [-0.15, -0.1) is 22.7 Å². The molecule has 0 unspecified atom stereocenters. The van der Waals surface area contributed by atoms with Crippen LogP contribution >= 0.6 is 50.2 Å². The van der Waals surface area contributed by atoms with Crippen LogP contribution in [0.4, 0.5) is 0 Å². The van der Waals surface area contributed by atoms with Gasteiger partial charge >= 0.3 is 5.97 Å². The summed E-state index contributed by atoms with van der Waals surface area (Å²) in [6.45, 7) is 2.14. The number of hydrogen-bond acceptors (Lipinski definition) is 7. The Labute approximate surface area is 175 Å². The van der Waals surface area contributed by atoms with E-state index in [1.807, 2.05) is 11.4 Å². The zero-order valence-corrected chi connectivity index (χ0v) is 18.3. The van der Waals surface area contributed by atoms with Gasteiger partial charge in [-0.25, -0.2) is 9.78 Å². The number of aryl methyl sites for hydroxylation is 1. The number of methoxy groups -OCH3 is 1. The van der Waals surface area contributed by atoms with Gasteiger partial charge in [0.2, 0.25) is 0 Å². The zero-order chi connectivity index (χ0) is 19.6. The number of hydrogen-bond donors (Lipinski definition) is 1. The Kier molecular flexibility index (Phi) is 6.48. The van der Waals surface area contributed by atoms with E-state index in [0.29, 0.717) is 32.3 Å². The minimum absolute atomic E-state index is 0.142. The highest BCUT2D eigenvalue weighted by molar-refractivity contribution is 9.11. The summed E-state index contributed by atoms with van der Waals surface area (Å²) in [5.41, 5.74) is 1.08. The van der Waals surface area contributed by atoms with Crippen LogP contribution in [0.3, 0.4) is 0 Å². The van der Waals surface area contributed by atoms with E-state index in [2.05, 4.69) is 25.9 Å². The summed E-state index contributed by atoms with van der Waals surface area (Å²) in [5, 5.41) is 2.59. The standard InChI is InChI=1S/C17H14BrClN2O4S2/c1-8-12-15(22)20-14(10(19)5-9-6-11(18)26-7-9)21-16(12)27-13(8)17(23)25-4-3-24-2/h5-7H,3-4H2,1-2H3,(H,20,21,22)/b10-5-. The number of esters is 1. The van der Waals surface area contributed by atoms with Crippen molar-refractivity contribution in [2.24, 2.45) is 0 Å². The SMILES string of the molecule is COCCOC(=O)c1sc2nc(/C(Cl)=C/c3csc(Br)c3)[nH]c(=O)c2c1C. The second-order valence-corrected chi connectivity index (χ2v) is 9.15. The minimum atomic E-state index is -0.502. The Morgan fingerprint density at radius 3 is 2.89 bits per heavy atom. The van der Waals surface area contributed by atoms with Crippen LogP contribution in [0, 0.1) is 6.92 Å². The van der Waals surface area contributed by atoms with Gasteiger partial charge in [-0.1, -0.05) is 11.6 Å². The molecule has 0 amide bonds. The summed E-state index contributed by atoms with van der Waals surface area (Å²) in [7, 11) is 1.52. The second-order valence-electron chi connectivity index (χ2n) is 5.46. The van der Waals surface area contributed by atoms with Crippen molar-refractivity contribution in [3.8, 4) is 0 Å². The third-order valence-corrected chi connectivity index (χ3v) is 6.59. The lowest BCUT2D eigenvalue weighted by Gasteiger charge is -2.02. The van der Waals surface area contributed by atoms with Crippen LogP contribution < -0.4 is 5.56 Å². The summed E-state index contributed by atoms with van der Waals surface area (Å²) in [4.78, 5) is 32.6. The molecule has 142 valence electrons. The summed E-state index contributed by atoms with van der Waals surface area (Å²) in [5.74, 6) is -0.254. The number of fused-ring (bicyclic) bond motifs is 1. The van der Waals surface area contributed by atoms with Gasteiger partial charge in [-0.05, 0) is 51.5 Å². The van der Waals surface area contributed by atoms with Crippen LogP contribution in [-0.4, -0.2) is 36.3 Å². The van der Waals surface area contributed by atoms with Crippen molar-refractivity contribution >= 4 is 77.5 Å². The molecule has 0 aliphatic carbocycles. The number of rotatable bonds is 6. The summed E-state index contributed by atoms with van der Waals surface area (Å²) < 4.78 is 11.0. The molecular formula is C17H14BrClN2O4S2. The number of aromatic nitrogens is 2. The maximum Gasteiger partial charge on any atom is 0.348 e. The van der Waals surface area contributed by atoms with Crippen LogP contribution in [0.25, 0.3) is 21.3 Å². The van der Waals surface area contributed by atoms with Crippen molar-refractivity contribution in [1.82, 2.24) is 9.97 Å². The van der Waals surface area contributed by atoms with Gasteiger partial charge in [0.1, 0.15) is 16.3 Å². The number of H-pyrrole nitrogens is 1. The lowest BCUT2D eigenvalue weighted by molar-refractivity contribution is 0.0393. The molecule has 6 nitrogen and oxygen atoms in total. The van der Waals surface area contributed by atoms with Gasteiger partial charge in [0.15, 0.2) is 5.82 Å². The monoisotopic (exact) mass is 488 g/mol. The Balaban J connectivity index is 1.98. The summed E-state index contributed by atoms with van der Waals surface area (Å²) in [6, 6.07) is 1.91. The van der Waals surface area contributed by atoms with E-state index < -0.39 is 5.97 Å². The quantitative estimate of drug-likeness (QED) is 0.402. The van der Waals surface area contributed by atoms with Crippen LogP contribution in [0.15, 0.2) is 20.0 Å². The molecule has 3 aromatic rings. The van der Waals surface area contributed by atoms with E-state index in [1.165, 1.54) is 18.4 Å². The van der Waals surface area contributed by atoms with E-state index in [1.54, 1.807) is 13.0 Å². The highest BCUT2D eigenvalue weighted by atomic mass is 79.9. The highest BCUT2D eigenvalue weighted by Gasteiger charge is 2.21. The first-order valence-electron chi connectivity index (χ1n) is 7.71. The minimum Gasteiger partial charge on any atom is -0.459 e. The van der Waals surface area contributed by atoms with Crippen molar-refractivity contribution < 1.29 is 14.3 Å². The first-order valence-corrected chi connectivity index (χ1v) is 10.6. The van der Waals surface area contributed by atoms with Crippen molar-refractivity contribution in [2.45, 2.75) is 6.92 Å². The first kappa shape index (κ1) is 20.2. The molecule has 0 aromatic carbocycles. The number of halogens is 2. The van der Waals surface area contributed by atoms with Crippen LogP contribution in [0.5, 0.6) is 0 Å². The average Bonchev–Trinajstić information content (AvgIpc) is 3.18. The van der Waals surface area contributed by atoms with Gasteiger partial charge in [-0.2, -0.15) is 0 Å². The molecule has 0 aliphatic heterocycles. The molecule has 0 saturated carbocycles. The van der Waals surface area contributed by atoms with Gasteiger partial charge in [0.25, 0.3) is 5.56 Å². The lowest BCUT2D eigenvalue weighted by Crippen LogP contribution is -2.11. The molecule has 0 bridgehead atoms. The first-order chi connectivity index (χ1) is 12.9. The molecule has 3 heterocycles. The Morgan fingerprint density at radius 2 is 2.22 bits per heavy atom. The zero-order valence-electron chi connectivity index (χ0n) is 14.3. The Bertz CT molecular complexity index is 1090. The predicted molar refractivity (Wildman–Crippen MR) is 113 cm³/mol. The Morgan fingerprint density at radius 1 is 1.44 bits per heavy atom. The van der Waals surface area contributed by atoms with E-state index >= 15 is 0 Å². The number of ether oxygens (including phenoxy) is 2. The third-order valence-electron chi connectivity index (χ3n) is 3.61. The van der Waals surface area contributed by atoms with Crippen LogP contribution in [0.2, 0.25) is 0 Å². The number of nitrogens with zero attached hydrogens (tertiary/aromatic N) is 1. The van der Waals surface area contributed by atoms with Crippen molar-refractivity contribution in [3.05, 3.63) is 47.4 Å². The fourth-order valence-electron chi connectivity index (χ4n) is 2.35. The number of nitrogens with one attached hydrogen (secondary N) is 1. The molecule has 0 aliphatic rings. The van der Waals surface area contributed by atoms with Crippen molar-refractivity contribution in [1.29, 1.82) is 0 Å². The van der Waals surface area contributed by atoms with E-state index in [9.17, 15) is 9.59 Å². The third kappa shape index (κ3) is 4.49. The molecule has 0 radical (unpaired) electrons. The largest absolute Gasteiger partial charge is 0.459 e. The summed E-state index contributed by atoms with van der Waals surface area (Å²) in [6.07, 6.45) is 1.72. The predicted octanol–water partition coefficient (Wildman–Crippen LogP) is 4.66. The highest BCUT2D eigenvalue weighted by Crippen LogP contribution is 2.30. The van der Waals surface area contributed by atoms with Gasteiger partial charge in [0, 0.05) is 7.11 Å². The number of carbonyl (C=O) groups is 1. The molecule has 1 N–H and O–H groups in total. The molecule has 0 saturated heterocycles. The Hall–Kier alpha value is -1.52. The van der Waals surface area contributed by atoms with E-state index in [-0.39, 0.29) is 18.0 Å². The molecule has 0 fully saturated rings. The summed E-state index contributed by atoms with van der Waals surface area (Å²) >= 11 is 12.4. The maximum absolute atomic E-state index is 12.5. The molecule has 0 spiro atoms. The van der Waals surface area contributed by atoms with Gasteiger partial charge < -0.3 is 14.5 Å². The number of carbonyl (C=O) groups excluding carboxylic acids is 1. The molecule has 3 aromatic heterocycles. The molecular weight excluding hydrogens is 476 g/mol. The smallest absolute Gasteiger partial charge is 0.348 e.